The van der Waals surface area contributed by atoms with Crippen molar-refractivity contribution in [3.05, 3.63) is 56.6 Å². The first kappa shape index (κ1) is 22.0. The maximum absolute atomic E-state index is 12.7. The number of amides is 1. The minimum atomic E-state index is -0.661. The van der Waals surface area contributed by atoms with E-state index < -0.39 is 16.5 Å². The van der Waals surface area contributed by atoms with Crippen LogP contribution < -0.4 is 19.5 Å². The van der Waals surface area contributed by atoms with Gasteiger partial charge in [-0.1, -0.05) is 23.8 Å². The van der Waals surface area contributed by atoms with Gasteiger partial charge in [0.15, 0.2) is 5.75 Å². The van der Waals surface area contributed by atoms with Gasteiger partial charge in [0, 0.05) is 12.6 Å². The highest BCUT2D eigenvalue weighted by Crippen LogP contribution is 2.46. The lowest BCUT2D eigenvalue weighted by molar-refractivity contribution is -0.386. The Labute approximate surface area is 169 Å². The van der Waals surface area contributed by atoms with E-state index in [1.54, 1.807) is 0 Å². The number of nitro benzene ring substituents is 1. The van der Waals surface area contributed by atoms with Crippen molar-refractivity contribution < 1.29 is 23.9 Å². The van der Waals surface area contributed by atoms with E-state index in [9.17, 15) is 14.9 Å². The highest BCUT2D eigenvalue weighted by atomic mass is 16.6. The molecule has 8 heteroatoms. The number of aryl methyl sites for hydroxylation is 3. The Hall–Kier alpha value is -3.29. The van der Waals surface area contributed by atoms with Gasteiger partial charge in [0.2, 0.25) is 11.5 Å². The van der Waals surface area contributed by atoms with Gasteiger partial charge in [-0.25, -0.2) is 0 Å². The normalized spacial score (nSPS) is 10.4. The summed E-state index contributed by atoms with van der Waals surface area (Å²) in [7, 11) is 4.00. The zero-order valence-electron chi connectivity index (χ0n) is 17.3. The number of carbonyl (C=O) groups is 1. The first-order valence-electron chi connectivity index (χ1n) is 9.15. The second-order valence-electron chi connectivity index (χ2n) is 6.59. The Bertz CT molecular complexity index is 911. The van der Waals surface area contributed by atoms with Gasteiger partial charge in [0.05, 0.1) is 26.3 Å². The number of benzene rings is 2. The maximum atomic E-state index is 12.7. The summed E-state index contributed by atoms with van der Waals surface area (Å²) in [5, 5.41) is 14.3. The third kappa shape index (κ3) is 4.96. The van der Waals surface area contributed by atoms with Gasteiger partial charge in [0.25, 0.3) is 5.91 Å². The van der Waals surface area contributed by atoms with E-state index in [0.29, 0.717) is 13.0 Å². The monoisotopic (exact) mass is 402 g/mol. The van der Waals surface area contributed by atoms with Crippen LogP contribution in [0.15, 0.2) is 24.3 Å². The third-order valence-corrected chi connectivity index (χ3v) is 4.64. The number of nitrogens with zero attached hydrogens (tertiary/aromatic N) is 1. The van der Waals surface area contributed by atoms with Crippen molar-refractivity contribution in [2.75, 3.05) is 27.9 Å². The van der Waals surface area contributed by atoms with E-state index in [2.05, 4.69) is 30.4 Å². The van der Waals surface area contributed by atoms with Gasteiger partial charge in [-0.2, -0.15) is 0 Å². The molecule has 0 aromatic heterocycles. The Balaban J connectivity index is 2.18. The molecule has 1 N–H and O–H groups in total. The van der Waals surface area contributed by atoms with E-state index in [0.717, 1.165) is 6.42 Å². The summed E-state index contributed by atoms with van der Waals surface area (Å²) < 4.78 is 15.5. The van der Waals surface area contributed by atoms with Gasteiger partial charge in [-0.15, -0.1) is 0 Å². The van der Waals surface area contributed by atoms with Crippen molar-refractivity contribution in [2.45, 2.75) is 26.7 Å². The van der Waals surface area contributed by atoms with Crippen molar-refractivity contribution in [1.29, 1.82) is 0 Å². The minimum Gasteiger partial charge on any atom is -0.493 e. The standard InChI is InChI=1S/C21H26N2O6/c1-13-8-9-15(14(2)11-13)7-6-10-22-21(24)16-12-17(27-3)19(28-4)20(29-5)18(16)23(25)26/h8-9,11-12H,6-7,10H2,1-5H3,(H,22,24). The van der Waals surface area contributed by atoms with Crippen molar-refractivity contribution in [2.24, 2.45) is 0 Å². The molecule has 0 unspecified atom stereocenters. The van der Waals surface area contributed by atoms with Gasteiger partial charge < -0.3 is 19.5 Å². The van der Waals surface area contributed by atoms with Crippen LogP contribution in [0, 0.1) is 24.0 Å². The van der Waals surface area contributed by atoms with Gasteiger partial charge in [-0.3, -0.25) is 14.9 Å². The lowest BCUT2D eigenvalue weighted by Gasteiger charge is -2.15. The van der Waals surface area contributed by atoms with E-state index in [1.165, 1.54) is 44.1 Å². The molecule has 0 bridgehead atoms. The summed E-state index contributed by atoms with van der Waals surface area (Å²) in [5.74, 6) is -0.489. The highest BCUT2D eigenvalue weighted by molar-refractivity contribution is 6.00. The smallest absolute Gasteiger partial charge is 0.327 e. The van der Waals surface area contributed by atoms with Crippen molar-refractivity contribution in [3.63, 3.8) is 0 Å². The molecule has 156 valence electrons. The van der Waals surface area contributed by atoms with Crippen LogP contribution in [-0.4, -0.2) is 38.7 Å². The molecule has 0 spiro atoms. The molecule has 29 heavy (non-hydrogen) atoms. The van der Waals surface area contributed by atoms with Gasteiger partial charge >= 0.3 is 5.69 Å². The highest BCUT2D eigenvalue weighted by Gasteiger charge is 2.32. The molecule has 0 atom stereocenters. The Morgan fingerprint density at radius 2 is 1.76 bits per heavy atom. The Morgan fingerprint density at radius 1 is 1.07 bits per heavy atom. The van der Waals surface area contributed by atoms with Crippen LogP contribution in [0.3, 0.4) is 0 Å². The summed E-state index contributed by atoms with van der Waals surface area (Å²) in [4.78, 5) is 23.6. The molecule has 2 aromatic carbocycles. The summed E-state index contributed by atoms with van der Waals surface area (Å²) >= 11 is 0. The second-order valence-corrected chi connectivity index (χ2v) is 6.59. The van der Waals surface area contributed by atoms with Crippen LogP contribution >= 0.6 is 0 Å². The summed E-state index contributed by atoms with van der Waals surface area (Å²) in [6, 6.07) is 7.54. The van der Waals surface area contributed by atoms with E-state index >= 15 is 0 Å². The number of ether oxygens (including phenoxy) is 3. The molecule has 0 fully saturated rings. The summed E-state index contributed by atoms with van der Waals surface area (Å²) in [6.45, 7) is 4.47. The summed E-state index contributed by atoms with van der Waals surface area (Å²) in [6.07, 6.45) is 1.50. The molecule has 0 saturated carbocycles. The fraction of sp³-hybridized carbons (Fsp3) is 0.381. The van der Waals surface area contributed by atoms with E-state index in [1.807, 2.05) is 6.92 Å². The molecule has 0 heterocycles. The number of nitro groups is 1. The average Bonchev–Trinajstić information content (AvgIpc) is 2.70. The number of nitrogens with one attached hydrogen (secondary N) is 1. The number of hydrogen-bond acceptors (Lipinski definition) is 6. The van der Waals surface area contributed by atoms with Crippen LogP contribution in [0.25, 0.3) is 0 Å². The molecule has 2 aromatic rings. The molecule has 0 aliphatic heterocycles. The Kier molecular flexibility index (Phi) is 7.41. The van der Waals surface area contributed by atoms with Crippen molar-refractivity contribution in [1.82, 2.24) is 5.32 Å². The van der Waals surface area contributed by atoms with Crippen LogP contribution in [-0.2, 0) is 6.42 Å². The number of carbonyl (C=O) groups excluding carboxylic acids is 1. The molecule has 0 radical (unpaired) electrons. The lowest BCUT2D eigenvalue weighted by atomic mass is 10.0. The number of hydrogen-bond donors (Lipinski definition) is 1. The molecule has 1 amide bonds. The molecule has 0 aliphatic carbocycles. The molecular formula is C21H26N2O6. The average molecular weight is 402 g/mol. The fourth-order valence-electron chi connectivity index (χ4n) is 3.20. The van der Waals surface area contributed by atoms with Crippen LogP contribution in [0.1, 0.15) is 33.5 Å². The topological polar surface area (TPSA) is 99.9 Å². The zero-order valence-corrected chi connectivity index (χ0v) is 17.3. The lowest BCUT2D eigenvalue weighted by Crippen LogP contribution is -2.26. The minimum absolute atomic E-state index is 0.0631. The molecule has 0 aliphatic rings. The van der Waals surface area contributed by atoms with Crippen LogP contribution in [0.4, 0.5) is 5.69 Å². The molecule has 0 saturated heterocycles. The fourth-order valence-corrected chi connectivity index (χ4v) is 3.20. The predicted molar refractivity (Wildman–Crippen MR) is 109 cm³/mol. The van der Waals surface area contributed by atoms with E-state index in [-0.39, 0.29) is 22.8 Å². The first-order valence-corrected chi connectivity index (χ1v) is 9.15. The molecular weight excluding hydrogens is 376 g/mol. The quantitative estimate of drug-likeness (QED) is 0.391. The van der Waals surface area contributed by atoms with Crippen molar-refractivity contribution in [3.8, 4) is 17.2 Å². The summed E-state index contributed by atoms with van der Waals surface area (Å²) in [5.41, 5.74) is 3.02. The number of rotatable bonds is 9. The third-order valence-electron chi connectivity index (χ3n) is 4.64. The molecule has 8 nitrogen and oxygen atoms in total. The maximum Gasteiger partial charge on any atom is 0.327 e. The van der Waals surface area contributed by atoms with Crippen molar-refractivity contribution >= 4 is 11.6 Å². The first-order chi connectivity index (χ1) is 13.8. The zero-order chi connectivity index (χ0) is 21.6. The molecule has 2 rings (SSSR count). The van der Waals surface area contributed by atoms with Crippen LogP contribution in [0.2, 0.25) is 0 Å². The predicted octanol–water partition coefficient (Wildman–Crippen LogP) is 3.60. The van der Waals surface area contributed by atoms with Gasteiger partial charge in [-0.05, 0) is 37.8 Å². The SMILES string of the molecule is COc1cc(C(=O)NCCCc2ccc(C)cc2C)c([N+](=O)[O-])c(OC)c1OC. The van der Waals surface area contributed by atoms with Gasteiger partial charge in [0.1, 0.15) is 5.56 Å². The Morgan fingerprint density at radius 3 is 2.31 bits per heavy atom. The second kappa shape index (κ2) is 9.77. The van der Waals surface area contributed by atoms with Crippen LogP contribution in [0.5, 0.6) is 17.2 Å². The largest absolute Gasteiger partial charge is 0.493 e. The number of methoxy groups -OCH3 is 3. The van der Waals surface area contributed by atoms with E-state index in [4.69, 9.17) is 14.2 Å².